The molecule has 1 unspecified atom stereocenters. The van der Waals surface area contributed by atoms with Crippen molar-refractivity contribution in [1.82, 2.24) is 5.32 Å². The van der Waals surface area contributed by atoms with Gasteiger partial charge in [-0.1, -0.05) is 42.5 Å². The van der Waals surface area contributed by atoms with Crippen molar-refractivity contribution in [2.45, 2.75) is 12.5 Å². The number of benzene rings is 2. The number of rotatable bonds is 5. The van der Waals surface area contributed by atoms with Gasteiger partial charge in [-0.2, -0.15) is 5.26 Å². The standard InChI is InChI=1S/C17H16N2O2/c18-9-15(13-5-2-1-3-6-13)11-19-10-14-7-4-8-16-17(14)21-12-20-16/h1-8,15,19H,10-12H2. The smallest absolute Gasteiger partial charge is 0.231 e. The van der Waals surface area contributed by atoms with Gasteiger partial charge in [-0.3, -0.25) is 0 Å². The Morgan fingerprint density at radius 1 is 1.10 bits per heavy atom. The molecule has 106 valence electrons. The third kappa shape index (κ3) is 2.99. The highest BCUT2D eigenvalue weighted by Gasteiger charge is 2.17. The molecule has 3 rings (SSSR count). The Hall–Kier alpha value is -2.51. The van der Waals surface area contributed by atoms with Gasteiger partial charge in [0.2, 0.25) is 6.79 Å². The molecule has 4 heteroatoms. The minimum Gasteiger partial charge on any atom is -0.454 e. The summed E-state index contributed by atoms with van der Waals surface area (Å²) >= 11 is 0. The zero-order valence-corrected chi connectivity index (χ0v) is 11.6. The monoisotopic (exact) mass is 280 g/mol. The maximum absolute atomic E-state index is 9.30. The average Bonchev–Trinajstić information content (AvgIpc) is 3.02. The molecule has 2 aromatic rings. The van der Waals surface area contributed by atoms with Crippen molar-refractivity contribution >= 4 is 0 Å². The van der Waals surface area contributed by atoms with E-state index in [0.717, 1.165) is 22.6 Å². The number of ether oxygens (including phenoxy) is 2. The van der Waals surface area contributed by atoms with Crippen LogP contribution in [0.2, 0.25) is 0 Å². The third-order valence-corrected chi connectivity index (χ3v) is 3.50. The molecule has 0 bridgehead atoms. The SMILES string of the molecule is N#CC(CNCc1cccc2c1OCO2)c1ccccc1. The van der Waals surface area contributed by atoms with E-state index >= 15 is 0 Å². The summed E-state index contributed by atoms with van der Waals surface area (Å²) in [6, 6.07) is 18.0. The summed E-state index contributed by atoms with van der Waals surface area (Å²) in [5, 5.41) is 12.6. The second-order valence-electron chi connectivity index (χ2n) is 4.87. The molecule has 0 saturated heterocycles. The fourth-order valence-electron chi connectivity index (χ4n) is 2.40. The molecule has 0 aliphatic carbocycles. The van der Waals surface area contributed by atoms with Gasteiger partial charge in [0.05, 0.1) is 12.0 Å². The van der Waals surface area contributed by atoms with Crippen molar-refractivity contribution in [3.63, 3.8) is 0 Å². The molecule has 0 aromatic heterocycles. The van der Waals surface area contributed by atoms with Gasteiger partial charge in [0.1, 0.15) is 0 Å². The number of hydrogen-bond acceptors (Lipinski definition) is 4. The van der Waals surface area contributed by atoms with Crippen LogP contribution in [0.3, 0.4) is 0 Å². The molecule has 21 heavy (non-hydrogen) atoms. The summed E-state index contributed by atoms with van der Waals surface area (Å²) in [6.45, 7) is 1.53. The lowest BCUT2D eigenvalue weighted by Gasteiger charge is -2.12. The van der Waals surface area contributed by atoms with Crippen molar-refractivity contribution in [3.05, 3.63) is 59.7 Å². The van der Waals surface area contributed by atoms with Gasteiger partial charge in [-0.25, -0.2) is 0 Å². The Kier molecular flexibility index (Phi) is 4.04. The molecule has 0 spiro atoms. The van der Waals surface area contributed by atoms with Gasteiger partial charge >= 0.3 is 0 Å². The molecule has 0 amide bonds. The van der Waals surface area contributed by atoms with Crippen LogP contribution in [0, 0.1) is 11.3 Å². The maximum atomic E-state index is 9.30. The first-order chi connectivity index (χ1) is 10.4. The minimum atomic E-state index is -0.153. The molecule has 1 aliphatic heterocycles. The van der Waals surface area contributed by atoms with E-state index in [1.807, 2.05) is 48.5 Å². The Morgan fingerprint density at radius 2 is 1.95 bits per heavy atom. The molecule has 2 aromatic carbocycles. The second kappa shape index (κ2) is 6.29. The van der Waals surface area contributed by atoms with Crippen molar-refractivity contribution in [3.8, 4) is 17.6 Å². The van der Waals surface area contributed by atoms with E-state index in [2.05, 4.69) is 11.4 Å². The van der Waals surface area contributed by atoms with Gasteiger partial charge in [0, 0.05) is 18.7 Å². The lowest BCUT2D eigenvalue weighted by atomic mass is 10.0. The van der Waals surface area contributed by atoms with Gasteiger partial charge in [-0.15, -0.1) is 0 Å². The largest absolute Gasteiger partial charge is 0.454 e. The van der Waals surface area contributed by atoms with Crippen LogP contribution in [-0.2, 0) is 6.54 Å². The van der Waals surface area contributed by atoms with E-state index in [1.165, 1.54) is 0 Å². The maximum Gasteiger partial charge on any atom is 0.231 e. The van der Waals surface area contributed by atoms with Crippen molar-refractivity contribution in [2.75, 3.05) is 13.3 Å². The summed E-state index contributed by atoms with van der Waals surface area (Å²) in [6.07, 6.45) is 0. The molecular weight excluding hydrogens is 264 g/mol. The number of para-hydroxylation sites is 1. The van der Waals surface area contributed by atoms with E-state index in [4.69, 9.17) is 9.47 Å². The van der Waals surface area contributed by atoms with Crippen LogP contribution in [0.1, 0.15) is 17.0 Å². The summed E-state index contributed by atoms with van der Waals surface area (Å²) < 4.78 is 10.8. The molecule has 0 radical (unpaired) electrons. The van der Waals surface area contributed by atoms with Gasteiger partial charge < -0.3 is 14.8 Å². The summed E-state index contributed by atoms with van der Waals surface area (Å²) in [5.41, 5.74) is 2.08. The molecular formula is C17H16N2O2. The Labute approximate surface area is 123 Å². The Bertz CT molecular complexity index is 650. The normalized spacial score (nSPS) is 13.7. The highest BCUT2D eigenvalue weighted by atomic mass is 16.7. The molecule has 1 heterocycles. The predicted molar refractivity (Wildman–Crippen MR) is 79.1 cm³/mol. The topological polar surface area (TPSA) is 54.3 Å². The second-order valence-corrected chi connectivity index (χ2v) is 4.87. The fourth-order valence-corrected chi connectivity index (χ4v) is 2.40. The average molecular weight is 280 g/mol. The van der Waals surface area contributed by atoms with E-state index < -0.39 is 0 Å². The van der Waals surface area contributed by atoms with Crippen LogP contribution in [0.15, 0.2) is 48.5 Å². The zero-order valence-electron chi connectivity index (χ0n) is 11.6. The fraction of sp³-hybridized carbons (Fsp3) is 0.235. The molecule has 4 nitrogen and oxygen atoms in total. The minimum absolute atomic E-state index is 0.153. The molecule has 1 N–H and O–H groups in total. The van der Waals surface area contributed by atoms with Crippen LogP contribution >= 0.6 is 0 Å². The van der Waals surface area contributed by atoms with Crippen LogP contribution in [0.5, 0.6) is 11.5 Å². The van der Waals surface area contributed by atoms with E-state index in [1.54, 1.807) is 0 Å². The zero-order chi connectivity index (χ0) is 14.5. The Balaban J connectivity index is 1.61. The number of nitriles is 1. The third-order valence-electron chi connectivity index (χ3n) is 3.50. The van der Waals surface area contributed by atoms with Crippen molar-refractivity contribution < 1.29 is 9.47 Å². The van der Waals surface area contributed by atoms with Crippen molar-refractivity contribution in [1.29, 1.82) is 5.26 Å². The lowest BCUT2D eigenvalue weighted by Crippen LogP contribution is -2.20. The van der Waals surface area contributed by atoms with Crippen molar-refractivity contribution in [2.24, 2.45) is 0 Å². The number of nitrogens with zero attached hydrogens (tertiary/aromatic N) is 1. The quantitative estimate of drug-likeness (QED) is 0.915. The molecule has 1 aliphatic rings. The first kappa shape index (κ1) is 13.5. The van der Waals surface area contributed by atoms with Gasteiger partial charge in [0.25, 0.3) is 0 Å². The molecule has 0 fully saturated rings. The van der Waals surface area contributed by atoms with E-state index in [-0.39, 0.29) is 12.7 Å². The first-order valence-corrected chi connectivity index (χ1v) is 6.91. The number of fused-ring (bicyclic) bond motifs is 1. The highest BCUT2D eigenvalue weighted by molar-refractivity contribution is 5.48. The number of nitrogens with one attached hydrogen (secondary N) is 1. The first-order valence-electron chi connectivity index (χ1n) is 6.91. The van der Waals surface area contributed by atoms with Crippen LogP contribution < -0.4 is 14.8 Å². The van der Waals surface area contributed by atoms with Crippen LogP contribution in [-0.4, -0.2) is 13.3 Å². The number of hydrogen-bond donors (Lipinski definition) is 1. The lowest BCUT2D eigenvalue weighted by molar-refractivity contribution is 0.173. The molecule has 1 atom stereocenters. The van der Waals surface area contributed by atoms with E-state index in [9.17, 15) is 5.26 Å². The highest BCUT2D eigenvalue weighted by Crippen LogP contribution is 2.35. The van der Waals surface area contributed by atoms with Crippen LogP contribution in [0.25, 0.3) is 0 Å². The Morgan fingerprint density at radius 3 is 2.76 bits per heavy atom. The summed E-state index contributed by atoms with van der Waals surface area (Å²) in [4.78, 5) is 0. The van der Waals surface area contributed by atoms with E-state index in [0.29, 0.717) is 13.1 Å². The summed E-state index contributed by atoms with van der Waals surface area (Å²) in [5.74, 6) is 1.44. The summed E-state index contributed by atoms with van der Waals surface area (Å²) in [7, 11) is 0. The molecule has 0 saturated carbocycles. The van der Waals surface area contributed by atoms with Gasteiger partial charge in [-0.05, 0) is 11.6 Å². The van der Waals surface area contributed by atoms with Gasteiger partial charge in [0.15, 0.2) is 11.5 Å². The van der Waals surface area contributed by atoms with Crippen LogP contribution in [0.4, 0.5) is 0 Å². The predicted octanol–water partition coefficient (Wildman–Crippen LogP) is 2.81.